The normalized spacial score (nSPS) is 24.7. The predicted molar refractivity (Wildman–Crippen MR) is 98.2 cm³/mol. The lowest BCUT2D eigenvalue weighted by Gasteiger charge is -2.33. The number of para-hydroxylation sites is 1. The van der Waals surface area contributed by atoms with Crippen molar-refractivity contribution in [3.63, 3.8) is 0 Å². The van der Waals surface area contributed by atoms with Gasteiger partial charge in [0.2, 0.25) is 0 Å². The van der Waals surface area contributed by atoms with Crippen LogP contribution in [0.2, 0.25) is 0 Å². The third kappa shape index (κ3) is 5.03. The van der Waals surface area contributed by atoms with E-state index in [2.05, 4.69) is 5.32 Å². The van der Waals surface area contributed by atoms with Gasteiger partial charge in [0, 0.05) is 18.8 Å². The van der Waals surface area contributed by atoms with E-state index in [0.717, 1.165) is 31.9 Å². The van der Waals surface area contributed by atoms with Crippen LogP contribution in [-0.4, -0.2) is 81.8 Å². The molecule has 0 spiro atoms. The lowest BCUT2D eigenvalue weighted by atomic mass is 10.2. The number of carbonyl (C=O) groups excluding carboxylic acids is 2. The Morgan fingerprint density at radius 2 is 1.77 bits per heavy atom. The Labute approximate surface area is 154 Å². The van der Waals surface area contributed by atoms with Gasteiger partial charge in [-0.25, -0.2) is 0 Å². The third-order valence-electron chi connectivity index (χ3n) is 5.41. The van der Waals surface area contributed by atoms with E-state index in [0.29, 0.717) is 32.8 Å². The fraction of sp³-hybridized carbons (Fsp3) is 0.579. The molecule has 2 aliphatic heterocycles. The van der Waals surface area contributed by atoms with Gasteiger partial charge in [0.05, 0.1) is 13.2 Å². The van der Waals surface area contributed by atoms with Crippen LogP contribution < -0.4 is 15.1 Å². The predicted octanol–water partition coefficient (Wildman–Crippen LogP) is -2.34. The molecule has 1 aromatic rings. The maximum absolute atomic E-state index is 12.5. The van der Waals surface area contributed by atoms with Gasteiger partial charge in [-0.3, -0.25) is 9.59 Å². The van der Waals surface area contributed by atoms with Crippen LogP contribution in [0.25, 0.3) is 0 Å². The Kier molecular flexibility index (Phi) is 6.60. The molecule has 3 N–H and O–H groups in total. The van der Waals surface area contributed by atoms with E-state index >= 15 is 0 Å². The second kappa shape index (κ2) is 9.12. The Balaban J connectivity index is 1.42. The van der Waals surface area contributed by atoms with Gasteiger partial charge in [0.25, 0.3) is 11.8 Å². The SMILES string of the molecule is C[C@H](C(=O)Nc1ccccc1)[NH+]1CC[NH+](CC(=O)N2CCOCC2)CC1. The molecule has 2 fully saturated rings. The van der Waals surface area contributed by atoms with Crippen molar-refractivity contribution in [1.82, 2.24) is 4.90 Å². The van der Waals surface area contributed by atoms with Gasteiger partial charge in [0.15, 0.2) is 12.6 Å². The largest absolute Gasteiger partial charge is 0.378 e. The van der Waals surface area contributed by atoms with E-state index in [-0.39, 0.29) is 17.9 Å². The first-order valence-corrected chi connectivity index (χ1v) is 9.53. The molecular formula is C19H30N4O3+2. The number of morpholine rings is 1. The highest BCUT2D eigenvalue weighted by Gasteiger charge is 2.32. The van der Waals surface area contributed by atoms with Crippen molar-refractivity contribution < 1.29 is 24.1 Å². The molecule has 3 rings (SSSR count). The van der Waals surface area contributed by atoms with E-state index in [9.17, 15) is 9.59 Å². The molecule has 2 heterocycles. The van der Waals surface area contributed by atoms with Crippen molar-refractivity contribution in [1.29, 1.82) is 0 Å². The van der Waals surface area contributed by atoms with E-state index < -0.39 is 0 Å². The second-order valence-corrected chi connectivity index (χ2v) is 7.16. The number of ether oxygens (including phenoxy) is 1. The zero-order chi connectivity index (χ0) is 18.4. The van der Waals surface area contributed by atoms with Crippen LogP contribution in [0.3, 0.4) is 0 Å². The number of hydrogen-bond donors (Lipinski definition) is 3. The lowest BCUT2D eigenvalue weighted by Crippen LogP contribution is -3.30. The molecule has 7 nitrogen and oxygen atoms in total. The zero-order valence-electron chi connectivity index (χ0n) is 15.5. The highest BCUT2D eigenvalue weighted by Crippen LogP contribution is 2.04. The average molecular weight is 362 g/mol. The number of nitrogens with zero attached hydrogens (tertiary/aromatic N) is 1. The van der Waals surface area contributed by atoms with Crippen molar-refractivity contribution in [2.75, 3.05) is 64.3 Å². The highest BCUT2D eigenvalue weighted by atomic mass is 16.5. The fourth-order valence-corrected chi connectivity index (χ4v) is 3.63. The molecule has 1 aromatic carbocycles. The van der Waals surface area contributed by atoms with Crippen LogP contribution in [0.15, 0.2) is 30.3 Å². The van der Waals surface area contributed by atoms with E-state index in [1.165, 1.54) is 9.80 Å². The molecule has 0 saturated carbocycles. The summed E-state index contributed by atoms with van der Waals surface area (Å²) in [6.45, 7) is 8.92. The van der Waals surface area contributed by atoms with E-state index in [1.54, 1.807) is 0 Å². The highest BCUT2D eigenvalue weighted by molar-refractivity contribution is 5.93. The summed E-state index contributed by atoms with van der Waals surface area (Å²) in [6, 6.07) is 9.48. The maximum atomic E-state index is 12.5. The molecule has 7 heteroatoms. The summed E-state index contributed by atoms with van der Waals surface area (Å²) in [4.78, 5) is 29.4. The molecule has 2 saturated heterocycles. The first kappa shape index (κ1) is 18.8. The van der Waals surface area contributed by atoms with Crippen molar-refractivity contribution >= 4 is 17.5 Å². The van der Waals surface area contributed by atoms with Crippen LogP contribution in [0, 0.1) is 0 Å². The maximum Gasteiger partial charge on any atom is 0.282 e. The number of amides is 2. The molecule has 2 aliphatic rings. The Morgan fingerprint density at radius 3 is 2.42 bits per heavy atom. The second-order valence-electron chi connectivity index (χ2n) is 7.16. The summed E-state index contributed by atoms with van der Waals surface area (Å²) >= 11 is 0. The number of rotatable bonds is 5. The summed E-state index contributed by atoms with van der Waals surface area (Å²) in [5.41, 5.74) is 0.837. The van der Waals surface area contributed by atoms with Crippen LogP contribution >= 0.6 is 0 Å². The molecule has 0 radical (unpaired) electrons. The van der Waals surface area contributed by atoms with E-state index in [4.69, 9.17) is 4.74 Å². The number of quaternary nitrogens is 2. The van der Waals surface area contributed by atoms with Crippen molar-refractivity contribution in [2.24, 2.45) is 0 Å². The Hall–Kier alpha value is -1.96. The molecule has 0 unspecified atom stereocenters. The molecule has 2 amide bonds. The monoisotopic (exact) mass is 362 g/mol. The first-order chi connectivity index (χ1) is 12.6. The fourth-order valence-electron chi connectivity index (χ4n) is 3.63. The number of hydrogen-bond acceptors (Lipinski definition) is 3. The molecular weight excluding hydrogens is 332 g/mol. The van der Waals surface area contributed by atoms with Crippen LogP contribution in [0.5, 0.6) is 0 Å². The smallest absolute Gasteiger partial charge is 0.282 e. The standard InChI is InChI=1S/C19H28N4O3/c1-16(19(25)20-17-5-3-2-4-6-17)22-9-7-21(8-10-22)15-18(24)23-11-13-26-14-12-23/h2-6,16H,7-15H2,1H3,(H,20,25)/p+2/t16-/m1/s1. The van der Waals surface area contributed by atoms with Crippen LogP contribution in [-0.2, 0) is 14.3 Å². The summed E-state index contributed by atoms with van der Waals surface area (Å²) in [5, 5.41) is 2.99. The average Bonchev–Trinajstić information content (AvgIpc) is 2.69. The van der Waals surface area contributed by atoms with Crippen molar-refractivity contribution in [3.8, 4) is 0 Å². The summed E-state index contributed by atoms with van der Waals surface area (Å²) < 4.78 is 5.30. The van der Waals surface area contributed by atoms with Crippen molar-refractivity contribution in [2.45, 2.75) is 13.0 Å². The minimum atomic E-state index is -0.0910. The summed E-state index contributed by atoms with van der Waals surface area (Å²) in [6.07, 6.45) is 0. The zero-order valence-corrected chi connectivity index (χ0v) is 15.5. The van der Waals surface area contributed by atoms with Crippen molar-refractivity contribution in [3.05, 3.63) is 30.3 Å². The number of carbonyl (C=O) groups is 2. The topological polar surface area (TPSA) is 67.5 Å². The van der Waals surface area contributed by atoms with Gasteiger partial charge in [0.1, 0.15) is 26.2 Å². The molecule has 0 bridgehead atoms. The quantitative estimate of drug-likeness (QED) is 0.550. The van der Waals surface area contributed by atoms with Gasteiger partial charge in [-0.2, -0.15) is 0 Å². The molecule has 142 valence electrons. The van der Waals surface area contributed by atoms with Crippen LogP contribution in [0.4, 0.5) is 5.69 Å². The van der Waals surface area contributed by atoms with Crippen LogP contribution in [0.1, 0.15) is 6.92 Å². The van der Waals surface area contributed by atoms with Gasteiger partial charge in [-0.15, -0.1) is 0 Å². The number of anilines is 1. The number of benzene rings is 1. The lowest BCUT2D eigenvalue weighted by molar-refractivity contribution is -1.01. The summed E-state index contributed by atoms with van der Waals surface area (Å²) in [7, 11) is 0. The minimum absolute atomic E-state index is 0.0547. The third-order valence-corrected chi connectivity index (χ3v) is 5.41. The molecule has 26 heavy (non-hydrogen) atoms. The number of piperazine rings is 1. The minimum Gasteiger partial charge on any atom is -0.378 e. The Bertz CT molecular complexity index is 596. The first-order valence-electron chi connectivity index (χ1n) is 9.53. The summed E-state index contributed by atoms with van der Waals surface area (Å²) in [5.74, 6) is 0.278. The Morgan fingerprint density at radius 1 is 1.12 bits per heavy atom. The molecule has 0 aromatic heterocycles. The van der Waals surface area contributed by atoms with Gasteiger partial charge < -0.3 is 24.8 Å². The van der Waals surface area contributed by atoms with Gasteiger partial charge in [-0.1, -0.05) is 18.2 Å². The molecule has 0 aliphatic carbocycles. The molecule has 1 atom stereocenters. The number of nitrogens with one attached hydrogen (secondary N) is 3. The van der Waals surface area contributed by atoms with Gasteiger partial charge >= 0.3 is 0 Å². The van der Waals surface area contributed by atoms with E-state index in [1.807, 2.05) is 42.2 Å². The van der Waals surface area contributed by atoms with Gasteiger partial charge in [-0.05, 0) is 19.1 Å².